The van der Waals surface area contributed by atoms with Gasteiger partial charge in [0.1, 0.15) is 42.3 Å². The molecular formula is C85H96N6+2. The number of nitrogens with zero attached hydrogens (tertiary/aromatic N) is 6. The van der Waals surface area contributed by atoms with E-state index in [1.54, 1.807) is 0 Å². The average Bonchev–Trinajstić information content (AvgIpc) is 2.52. The number of anilines is 1. The van der Waals surface area contributed by atoms with Crippen LogP contribution in [0.1, 0.15) is 142 Å². The first-order chi connectivity index (χ1) is 43.7. The van der Waals surface area contributed by atoms with Crippen molar-refractivity contribution < 1.29 is 9.13 Å². The Morgan fingerprint density at radius 3 is 1.10 bits per heavy atom. The summed E-state index contributed by atoms with van der Waals surface area (Å²) in [6.07, 6.45) is 13.5. The maximum Gasteiger partial charge on any atom is 0.294 e. The van der Waals surface area contributed by atoms with E-state index in [0.717, 1.165) is 0 Å². The molecule has 0 unspecified atom stereocenters. The number of imidazole rings is 2. The van der Waals surface area contributed by atoms with Crippen molar-refractivity contribution in [2.45, 2.75) is 134 Å². The first-order valence-corrected chi connectivity index (χ1v) is 32.8. The Bertz CT molecular complexity index is 4340. The summed E-state index contributed by atoms with van der Waals surface area (Å²) in [4.78, 5) is 4.55. The van der Waals surface area contributed by atoms with Crippen LogP contribution < -0.4 is 14.0 Å². The van der Waals surface area contributed by atoms with Crippen LogP contribution in [0.2, 0.25) is 0 Å². The van der Waals surface area contributed by atoms with Crippen molar-refractivity contribution in [3.63, 3.8) is 0 Å². The quantitative estimate of drug-likeness (QED) is 0.107. The van der Waals surface area contributed by atoms with Crippen LogP contribution in [0.25, 0.3) is 78.7 Å². The topological polar surface area (TPSA) is 24.1 Å². The van der Waals surface area contributed by atoms with Gasteiger partial charge in [0.15, 0.2) is 0 Å². The average molecular weight is 1200 g/mol. The fourth-order valence-corrected chi connectivity index (χ4v) is 13.4. The van der Waals surface area contributed by atoms with Crippen molar-refractivity contribution in [2.24, 2.45) is 14.1 Å². The first-order valence-electron chi connectivity index (χ1n) is 32.8. The molecule has 0 aliphatic carbocycles. The highest BCUT2D eigenvalue weighted by Gasteiger charge is 2.31. The van der Waals surface area contributed by atoms with E-state index in [1.165, 1.54) is 140 Å². The van der Waals surface area contributed by atoms with Gasteiger partial charge in [-0.1, -0.05) is 213 Å². The van der Waals surface area contributed by atoms with E-state index < -0.39 is 0 Å². The van der Waals surface area contributed by atoms with Crippen molar-refractivity contribution >= 4 is 5.69 Å². The van der Waals surface area contributed by atoms with Crippen LogP contribution in [0.5, 0.6) is 0 Å². The second kappa shape index (κ2) is 27.9. The molecule has 12 rings (SSSR count). The molecule has 3 heterocycles. The normalized spacial score (nSPS) is 12.9. The second-order valence-corrected chi connectivity index (χ2v) is 26.3. The van der Waals surface area contributed by atoms with Crippen molar-refractivity contribution in [2.75, 3.05) is 11.9 Å². The van der Waals surface area contributed by atoms with E-state index in [2.05, 4.69) is 378 Å². The Morgan fingerprint density at radius 2 is 0.703 bits per heavy atom. The molecule has 0 saturated carbocycles. The molecule has 464 valence electrons. The predicted octanol–water partition coefficient (Wildman–Crippen LogP) is 21.2. The van der Waals surface area contributed by atoms with Gasteiger partial charge in [-0.05, 0) is 180 Å². The molecule has 9 aromatic carbocycles. The number of para-hydroxylation sites is 1. The Kier molecular flexibility index (Phi) is 19.8. The lowest BCUT2D eigenvalue weighted by molar-refractivity contribution is -0.659. The summed E-state index contributed by atoms with van der Waals surface area (Å²) in [7, 11) is 6.43. The smallest absolute Gasteiger partial charge is 0.294 e. The van der Waals surface area contributed by atoms with Gasteiger partial charge in [0.05, 0.1) is 25.2 Å². The lowest BCUT2D eigenvalue weighted by Gasteiger charge is -2.29. The molecule has 0 fully saturated rings. The largest absolute Gasteiger partial charge is 0.359 e. The number of rotatable bonds is 13. The van der Waals surface area contributed by atoms with Gasteiger partial charge in [-0.15, -0.1) is 0 Å². The van der Waals surface area contributed by atoms with Gasteiger partial charge in [-0.3, -0.25) is 0 Å². The summed E-state index contributed by atoms with van der Waals surface area (Å²) in [5, 5.41) is 0. The third kappa shape index (κ3) is 13.2. The minimum atomic E-state index is 0.357. The van der Waals surface area contributed by atoms with Crippen molar-refractivity contribution in [1.29, 1.82) is 0 Å². The number of benzene rings is 9. The Labute approximate surface area is 545 Å². The Hall–Kier alpha value is -9.26. The van der Waals surface area contributed by atoms with Gasteiger partial charge in [0.2, 0.25) is 0 Å². The molecule has 6 nitrogen and oxygen atoms in total. The van der Waals surface area contributed by atoms with Crippen molar-refractivity contribution in [1.82, 2.24) is 14.0 Å². The lowest BCUT2D eigenvalue weighted by atomic mass is 9.88. The van der Waals surface area contributed by atoms with E-state index in [-0.39, 0.29) is 0 Å². The molecule has 0 spiro atoms. The number of hydrogen-bond acceptors (Lipinski definition) is 2. The molecule has 2 aromatic heterocycles. The highest BCUT2D eigenvalue weighted by atomic mass is 15.4. The third-order valence-corrected chi connectivity index (χ3v) is 18.8. The molecule has 11 aromatic rings. The summed E-state index contributed by atoms with van der Waals surface area (Å²) in [6, 6.07) is 68.3. The summed E-state index contributed by atoms with van der Waals surface area (Å²) >= 11 is 0. The van der Waals surface area contributed by atoms with E-state index in [0.29, 0.717) is 29.8 Å². The molecule has 0 N–H and O–H groups in total. The SMILES string of the molecule is Cc1ccccc1-c1cccc(-c2n(-c3c(C(C)C)cc(-c4ccccc4)cc3C(C)C)cc[n+]2C)c1C.Cc1ccccc1-c1cccc(-c2n(-c3c(C(C)C)cccc3C(C)C)cc[n+]2C)c1C.Cc1ccccc1-c1cccc(N2C=CN(C)[C@@H]2C)c1C. The Balaban J connectivity index is 0.000000156. The minimum Gasteiger partial charge on any atom is -0.359 e. The molecule has 6 heteroatoms. The van der Waals surface area contributed by atoms with Gasteiger partial charge >= 0.3 is 0 Å². The molecule has 91 heavy (non-hydrogen) atoms. The highest BCUT2D eigenvalue weighted by Crippen LogP contribution is 2.42. The molecule has 1 atom stereocenters. The van der Waals surface area contributed by atoms with Gasteiger partial charge < -0.3 is 9.80 Å². The molecule has 0 bridgehead atoms. The fourth-order valence-electron chi connectivity index (χ4n) is 13.4. The number of hydrogen-bond donors (Lipinski definition) is 0. The van der Waals surface area contributed by atoms with Crippen LogP contribution in [0.4, 0.5) is 5.69 Å². The summed E-state index contributed by atoms with van der Waals surface area (Å²) in [6.45, 7) is 33.9. The summed E-state index contributed by atoms with van der Waals surface area (Å²) in [5.41, 5.74) is 30.2. The van der Waals surface area contributed by atoms with Crippen LogP contribution >= 0.6 is 0 Å². The maximum absolute atomic E-state index is 2.43. The highest BCUT2D eigenvalue weighted by molar-refractivity contribution is 5.81. The zero-order chi connectivity index (χ0) is 64.9. The van der Waals surface area contributed by atoms with Gasteiger partial charge in [0, 0.05) is 47.4 Å². The van der Waals surface area contributed by atoms with Crippen LogP contribution in [-0.4, -0.2) is 27.2 Å². The van der Waals surface area contributed by atoms with Gasteiger partial charge in [0.25, 0.3) is 11.6 Å². The molecule has 1 aliphatic rings. The molecule has 1 aliphatic heterocycles. The van der Waals surface area contributed by atoms with E-state index in [1.807, 2.05) is 0 Å². The number of aromatic nitrogens is 4. The first kappa shape index (κ1) is 64.7. The zero-order valence-electron chi connectivity index (χ0n) is 57.4. The van der Waals surface area contributed by atoms with E-state index >= 15 is 0 Å². The van der Waals surface area contributed by atoms with Crippen molar-refractivity contribution in [3.05, 3.63) is 281 Å². The molecule has 0 amide bonds. The monoisotopic (exact) mass is 1200 g/mol. The Morgan fingerprint density at radius 1 is 0.352 bits per heavy atom. The fraction of sp³-hybridized carbons (Fsp3) is 0.271. The van der Waals surface area contributed by atoms with E-state index in [4.69, 9.17) is 0 Å². The summed E-state index contributed by atoms with van der Waals surface area (Å²) in [5.74, 6) is 4.08. The van der Waals surface area contributed by atoms with E-state index in [9.17, 15) is 0 Å². The maximum atomic E-state index is 2.43. The van der Waals surface area contributed by atoms with Crippen LogP contribution in [0, 0.1) is 41.5 Å². The lowest BCUT2D eigenvalue weighted by Crippen LogP contribution is -2.33. The van der Waals surface area contributed by atoms with Crippen molar-refractivity contribution in [3.8, 4) is 78.7 Å². The third-order valence-electron chi connectivity index (χ3n) is 18.8. The molecule has 0 radical (unpaired) electrons. The second-order valence-electron chi connectivity index (χ2n) is 26.3. The van der Waals surface area contributed by atoms with Crippen LogP contribution in [0.15, 0.2) is 225 Å². The molecule has 0 saturated heterocycles. The summed E-state index contributed by atoms with van der Waals surface area (Å²) < 4.78 is 9.37. The zero-order valence-corrected chi connectivity index (χ0v) is 57.4. The number of aryl methyl sites for hydroxylation is 5. The van der Waals surface area contributed by atoms with Gasteiger partial charge in [-0.2, -0.15) is 9.13 Å². The predicted molar refractivity (Wildman–Crippen MR) is 387 cm³/mol. The molecular weight excluding hydrogens is 1100 g/mol. The van der Waals surface area contributed by atoms with Crippen LogP contribution in [0.3, 0.4) is 0 Å². The minimum absolute atomic E-state index is 0.357. The van der Waals surface area contributed by atoms with Gasteiger partial charge in [-0.25, -0.2) is 9.13 Å². The van der Waals surface area contributed by atoms with Crippen LogP contribution in [-0.2, 0) is 14.1 Å². The standard InChI is InChI=1S/C36H39N2.C30H35N2.C19H22N2/c1-24(2)33-22-29(28-15-9-8-10-16-28)23-34(25(3)4)35(33)38-21-20-37(7)36(38)32-19-13-18-31(27(32)6)30-17-12-11-14-26(30)5;1-20(2)24-14-10-15-25(21(3)4)29(24)32-19-18-31(7)30(32)28-17-11-16-27(23(28)6)26-13-9-8-12-22(26)5;1-14-8-5-6-9-17(14)18-10-7-11-19(15(18)2)21-13-12-20(4)16(21)3/h8-25H,1-7H3;8-21H,1-7H3;5-13,16H,1-4H3/q2*+1;/t;;16-/m..0/s1.